The summed E-state index contributed by atoms with van der Waals surface area (Å²) >= 11 is 3.46. The zero-order chi connectivity index (χ0) is 22.2. The second-order valence-corrected chi connectivity index (χ2v) is 7.45. The summed E-state index contributed by atoms with van der Waals surface area (Å²) in [6, 6.07) is 17.8. The van der Waals surface area contributed by atoms with Crippen LogP contribution in [0.5, 0.6) is 28.7 Å². The Bertz CT molecular complexity index is 1040. The van der Waals surface area contributed by atoms with Crippen LogP contribution in [0.2, 0.25) is 0 Å². The van der Waals surface area contributed by atoms with Crippen molar-refractivity contribution in [2.45, 2.75) is 13.3 Å². The summed E-state index contributed by atoms with van der Waals surface area (Å²) in [7, 11) is 3.15. The Kier molecular flexibility index (Phi) is 7.78. The van der Waals surface area contributed by atoms with E-state index in [-0.39, 0.29) is 5.91 Å². The molecule has 0 spiro atoms. The Morgan fingerprint density at radius 1 is 0.935 bits per heavy atom. The standard InChI is InChI=1S/C24H24BrNO5/c1-4-12-30-23-21(25)13-16(14-22(23)29-3)24(27)26-17-8-10-18(11-9-17)31-20-7-5-6-19(15-20)28-2/h5-11,13-15H,4,12H2,1-3H3,(H,26,27). The van der Waals surface area contributed by atoms with E-state index in [0.29, 0.717) is 51.1 Å². The van der Waals surface area contributed by atoms with E-state index >= 15 is 0 Å². The van der Waals surface area contributed by atoms with Crippen molar-refractivity contribution in [3.63, 3.8) is 0 Å². The first kappa shape index (κ1) is 22.5. The molecular weight excluding hydrogens is 462 g/mol. The van der Waals surface area contributed by atoms with Crippen LogP contribution in [0.3, 0.4) is 0 Å². The third-order valence-electron chi connectivity index (χ3n) is 4.33. The molecule has 0 aromatic heterocycles. The molecule has 0 fully saturated rings. The Morgan fingerprint density at radius 2 is 1.68 bits per heavy atom. The monoisotopic (exact) mass is 485 g/mol. The van der Waals surface area contributed by atoms with Crippen molar-refractivity contribution in [2.24, 2.45) is 0 Å². The number of ether oxygens (including phenoxy) is 4. The summed E-state index contributed by atoms with van der Waals surface area (Å²) in [6.45, 7) is 2.58. The molecule has 0 bridgehead atoms. The van der Waals surface area contributed by atoms with Crippen molar-refractivity contribution >= 4 is 27.5 Å². The summed E-state index contributed by atoms with van der Waals surface area (Å²) < 4.78 is 22.8. The van der Waals surface area contributed by atoms with E-state index in [4.69, 9.17) is 18.9 Å². The van der Waals surface area contributed by atoms with Gasteiger partial charge in [0.2, 0.25) is 0 Å². The number of carbonyl (C=O) groups excluding carboxylic acids is 1. The van der Waals surface area contributed by atoms with E-state index < -0.39 is 0 Å². The largest absolute Gasteiger partial charge is 0.497 e. The fourth-order valence-corrected chi connectivity index (χ4v) is 3.36. The number of hydrogen-bond donors (Lipinski definition) is 1. The molecule has 0 saturated heterocycles. The van der Waals surface area contributed by atoms with E-state index in [0.717, 1.165) is 6.42 Å². The molecule has 0 saturated carbocycles. The molecule has 0 aliphatic heterocycles. The van der Waals surface area contributed by atoms with Gasteiger partial charge in [-0.1, -0.05) is 13.0 Å². The Morgan fingerprint density at radius 3 is 2.35 bits per heavy atom. The Balaban J connectivity index is 1.69. The van der Waals surface area contributed by atoms with Crippen molar-refractivity contribution in [1.82, 2.24) is 0 Å². The highest BCUT2D eigenvalue weighted by molar-refractivity contribution is 9.10. The molecule has 3 aromatic carbocycles. The third-order valence-corrected chi connectivity index (χ3v) is 4.92. The number of hydrogen-bond acceptors (Lipinski definition) is 5. The topological polar surface area (TPSA) is 66.0 Å². The third kappa shape index (κ3) is 5.92. The maximum absolute atomic E-state index is 12.7. The average Bonchev–Trinajstić information content (AvgIpc) is 2.79. The predicted octanol–water partition coefficient (Wildman–Crippen LogP) is 6.30. The van der Waals surface area contributed by atoms with Crippen LogP contribution in [0.4, 0.5) is 5.69 Å². The van der Waals surface area contributed by atoms with Gasteiger partial charge >= 0.3 is 0 Å². The minimum absolute atomic E-state index is 0.262. The molecule has 0 aliphatic carbocycles. The molecule has 31 heavy (non-hydrogen) atoms. The quantitative estimate of drug-likeness (QED) is 0.385. The number of rotatable bonds is 9. The second kappa shape index (κ2) is 10.7. The minimum atomic E-state index is -0.262. The molecular formula is C24H24BrNO5. The van der Waals surface area contributed by atoms with Gasteiger partial charge in [0.05, 0.1) is 25.3 Å². The number of carbonyl (C=O) groups is 1. The normalized spacial score (nSPS) is 10.3. The molecule has 7 heteroatoms. The van der Waals surface area contributed by atoms with Gasteiger partial charge in [-0.05, 0) is 70.9 Å². The van der Waals surface area contributed by atoms with Gasteiger partial charge < -0.3 is 24.3 Å². The van der Waals surface area contributed by atoms with Crippen LogP contribution in [0, 0.1) is 0 Å². The highest BCUT2D eigenvalue weighted by atomic mass is 79.9. The Hall–Kier alpha value is -3.19. The number of benzene rings is 3. The van der Waals surface area contributed by atoms with Crippen molar-refractivity contribution in [3.05, 3.63) is 70.7 Å². The maximum Gasteiger partial charge on any atom is 0.255 e. The molecule has 0 radical (unpaired) electrons. The summed E-state index contributed by atoms with van der Waals surface area (Å²) in [5.74, 6) is 2.85. The van der Waals surface area contributed by atoms with Gasteiger partial charge in [0.1, 0.15) is 17.2 Å². The van der Waals surface area contributed by atoms with Gasteiger partial charge in [0.25, 0.3) is 5.91 Å². The van der Waals surface area contributed by atoms with Gasteiger partial charge in [-0.15, -0.1) is 0 Å². The van der Waals surface area contributed by atoms with Crippen LogP contribution in [0.25, 0.3) is 0 Å². The lowest BCUT2D eigenvalue weighted by atomic mass is 10.1. The van der Waals surface area contributed by atoms with E-state index in [1.54, 1.807) is 56.7 Å². The van der Waals surface area contributed by atoms with E-state index in [9.17, 15) is 4.79 Å². The first-order valence-corrected chi connectivity index (χ1v) is 10.6. The highest BCUT2D eigenvalue weighted by Crippen LogP contribution is 2.37. The fraction of sp³-hybridized carbons (Fsp3) is 0.208. The molecule has 1 N–H and O–H groups in total. The number of halogens is 1. The Labute approximate surface area is 190 Å². The first-order valence-electron chi connectivity index (χ1n) is 9.77. The van der Waals surface area contributed by atoms with Crippen molar-refractivity contribution in [3.8, 4) is 28.7 Å². The van der Waals surface area contributed by atoms with Crippen LogP contribution in [-0.4, -0.2) is 26.7 Å². The van der Waals surface area contributed by atoms with Crippen molar-refractivity contribution in [1.29, 1.82) is 0 Å². The first-order chi connectivity index (χ1) is 15.0. The van der Waals surface area contributed by atoms with Crippen LogP contribution in [-0.2, 0) is 0 Å². The zero-order valence-electron chi connectivity index (χ0n) is 17.6. The van der Waals surface area contributed by atoms with E-state index in [1.807, 2.05) is 25.1 Å². The molecule has 0 aliphatic rings. The van der Waals surface area contributed by atoms with Gasteiger partial charge in [-0.2, -0.15) is 0 Å². The molecule has 1 amide bonds. The predicted molar refractivity (Wildman–Crippen MR) is 124 cm³/mol. The molecule has 3 aromatic rings. The van der Waals surface area contributed by atoms with E-state index in [2.05, 4.69) is 21.2 Å². The highest BCUT2D eigenvalue weighted by Gasteiger charge is 2.16. The van der Waals surface area contributed by atoms with Crippen LogP contribution >= 0.6 is 15.9 Å². The lowest BCUT2D eigenvalue weighted by molar-refractivity contribution is 0.102. The van der Waals surface area contributed by atoms with Gasteiger partial charge in [0.15, 0.2) is 11.5 Å². The molecule has 0 heterocycles. The second-order valence-electron chi connectivity index (χ2n) is 6.60. The molecule has 6 nitrogen and oxygen atoms in total. The fourth-order valence-electron chi connectivity index (χ4n) is 2.81. The van der Waals surface area contributed by atoms with Crippen molar-refractivity contribution < 1.29 is 23.7 Å². The minimum Gasteiger partial charge on any atom is -0.497 e. The molecule has 0 atom stereocenters. The zero-order valence-corrected chi connectivity index (χ0v) is 19.2. The smallest absolute Gasteiger partial charge is 0.255 e. The molecule has 162 valence electrons. The SMILES string of the molecule is CCCOc1c(Br)cc(C(=O)Nc2ccc(Oc3cccc(OC)c3)cc2)cc1OC. The number of methoxy groups -OCH3 is 2. The summed E-state index contributed by atoms with van der Waals surface area (Å²) in [5, 5.41) is 2.88. The summed E-state index contributed by atoms with van der Waals surface area (Å²) in [4.78, 5) is 12.7. The summed E-state index contributed by atoms with van der Waals surface area (Å²) in [5.41, 5.74) is 1.09. The van der Waals surface area contributed by atoms with Gasteiger partial charge in [-0.25, -0.2) is 0 Å². The van der Waals surface area contributed by atoms with Crippen LogP contribution in [0.15, 0.2) is 65.1 Å². The number of nitrogens with one attached hydrogen (secondary N) is 1. The lowest BCUT2D eigenvalue weighted by Crippen LogP contribution is -2.12. The average molecular weight is 486 g/mol. The van der Waals surface area contributed by atoms with Gasteiger partial charge in [-0.3, -0.25) is 4.79 Å². The molecule has 0 unspecified atom stereocenters. The van der Waals surface area contributed by atoms with Crippen LogP contribution < -0.4 is 24.3 Å². The van der Waals surface area contributed by atoms with Gasteiger partial charge in [0, 0.05) is 17.3 Å². The van der Waals surface area contributed by atoms with Crippen LogP contribution in [0.1, 0.15) is 23.7 Å². The lowest BCUT2D eigenvalue weighted by Gasteiger charge is -2.14. The maximum atomic E-state index is 12.7. The van der Waals surface area contributed by atoms with Crippen molar-refractivity contribution in [2.75, 3.05) is 26.1 Å². The number of amides is 1. The molecule has 3 rings (SSSR count). The van der Waals surface area contributed by atoms with E-state index in [1.165, 1.54) is 0 Å². The number of anilines is 1. The summed E-state index contributed by atoms with van der Waals surface area (Å²) in [6.07, 6.45) is 0.870.